The topological polar surface area (TPSA) is 62.6 Å². The SMILES string of the molecule is CS(C)(=O)=Nc1nc(C(=O)N2CCCC2)cs1. The van der Waals surface area contributed by atoms with Gasteiger partial charge in [-0.15, -0.1) is 11.3 Å². The van der Waals surface area contributed by atoms with Gasteiger partial charge in [0.15, 0.2) is 0 Å². The molecular weight excluding hydrogens is 258 g/mol. The van der Waals surface area contributed by atoms with Gasteiger partial charge in [0.2, 0.25) is 5.13 Å². The number of thiazole rings is 1. The molecule has 0 radical (unpaired) electrons. The first-order valence-corrected chi connectivity index (χ1v) is 8.59. The van der Waals surface area contributed by atoms with Crippen LogP contribution in [0.5, 0.6) is 0 Å². The van der Waals surface area contributed by atoms with E-state index < -0.39 is 9.73 Å². The highest BCUT2D eigenvalue weighted by Gasteiger charge is 2.21. The van der Waals surface area contributed by atoms with Gasteiger partial charge in [-0.25, -0.2) is 9.19 Å². The minimum Gasteiger partial charge on any atom is -0.337 e. The third-order valence-corrected chi connectivity index (χ3v) is 3.87. The summed E-state index contributed by atoms with van der Waals surface area (Å²) in [5.41, 5.74) is 0.416. The Morgan fingerprint density at radius 1 is 1.47 bits per heavy atom. The van der Waals surface area contributed by atoms with E-state index in [4.69, 9.17) is 0 Å². The number of carbonyl (C=O) groups is 1. The number of hydrogen-bond donors (Lipinski definition) is 0. The highest BCUT2D eigenvalue weighted by atomic mass is 32.2. The predicted molar refractivity (Wildman–Crippen MR) is 69.3 cm³/mol. The Hall–Kier alpha value is -0.950. The maximum atomic E-state index is 12.0. The van der Waals surface area contributed by atoms with Crippen LogP contribution in [0.2, 0.25) is 0 Å². The Morgan fingerprint density at radius 3 is 2.71 bits per heavy atom. The zero-order chi connectivity index (χ0) is 12.5. The Morgan fingerprint density at radius 2 is 2.12 bits per heavy atom. The van der Waals surface area contributed by atoms with Crippen molar-refractivity contribution in [3.05, 3.63) is 11.1 Å². The van der Waals surface area contributed by atoms with Crippen LogP contribution in [0.3, 0.4) is 0 Å². The largest absolute Gasteiger partial charge is 0.337 e. The van der Waals surface area contributed by atoms with E-state index in [-0.39, 0.29) is 5.91 Å². The maximum absolute atomic E-state index is 12.0. The molecular formula is C10H15N3O2S2. The molecule has 2 rings (SSSR count). The second-order valence-corrected chi connectivity index (χ2v) is 7.67. The summed E-state index contributed by atoms with van der Waals surface area (Å²) in [6.45, 7) is 1.61. The summed E-state index contributed by atoms with van der Waals surface area (Å²) in [5.74, 6) is -0.0427. The molecule has 1 aliphatic heterocycles. The van der Waals surface area contributed by atoms with Gasteiger partial charge in [0.25, 0.3) is 5.91 Å². The fraction of sp³-hybridized carbons (Fsp3) is 0.600. The van der Waals surface area contributed by atoms with Crippen LogP contribution in [0, 0.1) is 0 Å². The van der Waals surface area contributed by atoms with Crippen LogP contribution in [-0.4, -0.2) is 45.6 Å². The smallest absolute Gasteiger partial charge is 0.273 e. The molecule has 1 amide bonds. The van der Waals surface area contributed by atoms with E-state index >= 15 is 0 Å². The van der Waals surface area contributed by atoms with Crippen molar-refractivity contribution in [2.24, 2.45) is 4.36 Å². The van der Waals surface area contributed by atoms with Crippen molar-refractivity contribution in [3.8, 4) is 0 Å². The van der Waals surface area contributed by atoms with Gasteiger partial charge in [0.05, 0.1) is 0 Å². The van der Waals surface area contributed by atoms with Crippen molar-refractivity contribution >= 4 is 32.1 Å². The summed E-state index contributed by atoms with van der Waals surface area (Å²) >= 11 is 1.26. The molecule has 1 aliphatic rings. The highest BCUT2D eigenvalue weighted by Crippen LogP contribution is 2.22. The quantitative estimate of drug-likeness (QED) is 0.824. The predicted octanol–water partition coefficient (Wildman–Crippen LogP) is 1.74. The number of aromatic nitrogens is 1. The van der Waals surface area contributed by atoms with Crippen molar-refractivity contribution in [1.29, 1.82) is 0 Å². The molecule has 0 atom stereocenters. The van der Waals surface area contributed by atoms with Crippen LogP contribution in [0.25, 0.3) is 0 Å². The van der Waals surface area contributed by atoms with E-state index in [9.17, 15) is 9.00 Å². The van der Waals surface area contributed by atoms with Gasteiger partial charge in [-0.05, 0) is 12.8 Å². The summed E-state index contributed by atoms with van der Waals surface area (Å²) in [4.78, 5) is 17.9. The molecule has 0 unspecified atom stereocenters. The summed E-state index contributed by atoms with van der Waals surface area (Å²) in [5, 5.41) is 2.10. The van der Waals surface area contributed by atoms with Crippen molar-refractivity contribution in [1.82, 2.24) is 9.88 Å². The Kier molecular flexibility index (Phi) is 3.48. The van der Waals surface area contributed by atoms with Crippen LogP contribution < -0.4 is 0 Å². The molecule has 1 saturated heterocycles. The van der Waals surface area contributed by atoms with E-state index in [0.29, 0.717) is 10.8 Å². The number of rotatable bonds is 2. The Bertz CT molecular complexity index is 530. The lowest BCUT2D eigenvalue weighted by molar-refractivity contribution is 0.0788. The standard InChI is InChI=1S/C10H15N3O2S2/c1-17(2,15)12-10-11-8(7-16-10)9(14)13-5-3-4-6-13/h7H,3-6H2,1-2H3. The molecule has 1 fully saturated rings. The van der Waals surface area contributed by atoms with Crippen LogP contribution in [0.4, 0.5) is 5.13 Å². The van der Waals surface area contributed by atoms with Gasteiger partial charge in [-0.1, -0.05) is 0 Å². The van der Waals surface area contributed by atoms with Crippen molar-refractivity contribution in [2.45, 2.75) is 12.8 Å². The summed E-state index contributed by atoms with van der Waals surface area (Å²) in [6, 6.07) is 0. The van der Waals surface area contributed by atoms with E-state index in [0.717, 1.165) is 25.9 Å². The van der Waals surface area contributed by atoms with E-state index in [1.165, 1.54) is 11.3 Å². The monoisotopic (exact) mass is 273 g/mol. The minimum absolute atomic E-state index is 0.0427. The third kappa shape index (κ3) is 3.26. The maximum Gasteiger partial charge on any atom is 0.273 e. The molecule has 0 aromatic carbocycles. The van der Waals surface area contributed by atoms with E-state index in [1.54, 1.807) is 22.8 Å². The number of nitrogens with zero attached hydrogens (tertiary/aromatic N) is 3. The summed E-state index contributed by atoms with van der Waals surface area (Å²) in [6.07, 6.45) is 5.22. The first-order chi connectivity index (χ1) is 7.96. The number of carbonyl (C=O) groups excluding carboxylic acids is 1. The zero-order valence-corrected chi connectivity index (χ0v) is 11.5. The molecule has 1 aromatic rings. The first-order valence-electron chi connectivity index (χ1n) is 5.38. The van der Waals surface area contributed by atoms with Gasteiger partial charge in [-0.3, -0.25) is 4.79 Å². The van der Waals surface area contributed by atoms with Crippen LogP contribution in [-0.2, 0) is 9.73 Å². The van der Waals surface area contributed by atoms with Gasteiger partial charge in [0, 0.05) is 40.7 Å². The molecule has 0 aliphatic carbocycles. The van der Waals surface area contributed by atoms with E-state index in [2.05, 4.69) is 9.35 Å². The lowest BCUT2D eigenvalue weighted by Gasteiger charge is -2.12. The molecule has 2 heterocycles. The normalized spacial score (nSPS) is 16.2. The summed E-state index contributed by atoms with van der Waals surface area (Å²) in [7, 11) is -2.21. The highest BCUT2D eigenvalue weighted by molar-refractivity contribution is 7.92. The Balaban J connectivity index is 2.18. The number of hydrogen-bond acceptors (Lipinski definition) is 5. The van der Waals surface area contributed by atoms with Crippen molar-refractivity contribution in [2.75, 3.05) is 25.6 Å². The van der Waals surface area contributed by atoms with E-state index in [1.807, 2.05) is 0 Å². The average Bonchev–Trinajstić information content (AvgIpc) is 2.83. The molecule has 17 heavy (non-hydrogen) atoms. The molecule has 5 nitrogen and oxygen atoms in total. The van der Waals surface area contributed by atoms with Crippen LogP contribution >= 0.6 is 11.3 Å². The lowest BCUT2D eigenvalue weighted by Crippen LogP contribution is -2.27. The average molecular weight is 273 g/mol. The molecule has 0 N–H and O–H groups in total. The van der Waals surface area contributed by atoms with Crippen LogP contribution in [0.15, 0.2) is 9.74 Å². The fourth-order valence-electron chi connectivity index (χ4n) is 1.67. The molecule has 94 valence electrons. The van der Waals surface area contributed by atoms with Crippen molar-refractivity contribution in [3.63, 3.8) is 0 Å². The summed E-state index contributed by atoms with van der Waals surface area (Å²) < 4.78 is 15.5. The molecule has 0 spiro atoms. The zero-order valence-electron chi connectivity index (χ0n) is 9.88. The Labute approximate surface area is 105 Å². The minimum atomic E-state index is -2.21. The molecule has 1 aromatic heterocycles. The van der Waals surface area contributed by atoms with Crippen molar-refractivity contribution < 1.29 is 9.00 Å². The first kappa shape index (κ1) is 12.5. The fourth-order valence-corrected chi connectivity index (χ4v) is 3.32. The van der Waals surface area contributed by atoms with Gasteiger partial charge in [0.1, 0.15) is 5.69 Å². The second kappa shape index (κ2) is 4.73. The van der Waals surface area contributed by atoms with Gasteiger partial charge in [-0.2, -0.15) is 4.36 Å². The van der Waals surface area contributed by atoms with Gasteiger partial charge < -0.3 is 4.90 Å². The molecule has 0 saturated carbocycles. The van der Waals surface area contributed by atoms with Crippen LogP contribution in [0.1, 0.15) is 23.3 Å². The third-order valence-electron chi connectivity index (χ3n) is 2.40. The molecule has 7 heteroatoms. The second-order valence-electron chi connectivity index (χ2n) is 4.29. The number of amides is 1. The lowest BCUT2D eigenvalue weighted by atomic mass is 10.4. The number of likely N-dealkylation sites (tertiary alicyclic amines) is 1. The van der Waals surface area contributed by atoms with Gasteiger partial charge >= 0.3 is 0 Å². The molecule has 0 bridgehead atoms.